The number of fused-ring (bicyclic) bond motifs is 1. The normalized spacial score (nSPS) is 24.3. The van der Waals surface area contributed by atoms with E-state index < -0.39 is 6.04 Å². The summed E-state index contributed by atoms with van der Waals surface area (Å²) in [4.78, 5) is 27.4. The highest BCUT2D eigenvalue weighted by Gasteiger charge is 2.27. The molecule has 30 heavy (non-hydrogen) atoms. The van der Waals surface area contributed by atoms with Gasteiger partial charge in [0.25, 0.3) is 5.91 Å². The van der Waals surface area contributed by atoms with Crippen molar-refractivity contribution in [1.82, 2.24) is 10.2 Å². The minimum absolute atomic E-state index is 0.125. The zero-order valence-electron chi connectivity index (χ0n) is 17.5. The van der Waals surface area contributed by atoms with Gasteiger partial charge < -0.3 is 15.0 Å². The van der Waals surface area contributed by atoms with Crippen molar-refractivity contribution in [2.45, 2.75) is 44.9 Å². The van der Waals surface area contributed by atoms with E-state index in [0.717, 1.165) is 5.56 Å². The molecule has 2 aromatic carbocycles. The van der Waals surface area contributed by atoms with Crippen LogP contribution in [0.2, 0.25) is 0 Å². The minimum atomic E-state index is -0.696. The zero-order chi connectivity index (χ0) is 21.7. The van der Waals surface area contributed by atoms with Gasteiger partial charge in [0, 0.05) is 13.5 Å². The molecular weight excluding hydrogens is 383 g/mol. The van der Waals surface area contributed by atoms with E-state index in [1.165, 1.54) is 17.0 Å². The summed E-state index contributed by atoms with van der Waals surface area (Å²) in [6, 6.07) is 12.1. The van der Waals surface area contributed by atoms with E-state index in [2.05, 4.69) is 5.32 Å². The second-order valence-electron chi connectivity index (χ2n) is 7.57. The molecule has 6 heteroatoms. The topological polar surface area (TPSA) is 58.6 Å². The Morgan fingerprint density at radius 2 is 1.67 bits per heavy atom. The smallest absolute Gasteiger partial charge is 0.258 e. The zero-order valence-corrected chi connectivity index (χ0v) is 17.5. The second kappa shape index (κ2) is 9.57. The Kier molecular flexibility index (Phi) is 6.87. The standard InChI is InChI=1S/C24H27FN2O3/c1-16-8-4-6-10-21(18-12-14-19(25)15-13-18)26-23(28)17(2)27(3)24(29)20-9-5-7-11-22(20)30-16/h4-7,9,11-17,21H,8,10H2,1-3H3,(H,26,28)/b6-4-/t16-,17-,21+/m0/s1. The van der Waals surface area contributed by atoms with Crippen LogP contribution in [-0.2, 0) is 4.79 Å². The molecule has 1 heterocycles. The van der Waals surface area contributed by atoms with Crippen LogP contribution in [0.25, 0.3) is 0 Å². The highest BCUT2D eigenvalue weighted by Crippen LogP contribution is 2.24. The predicted octanol–water partition coefficient (Wildman–Crippen LogP) is 4.26. The number of benzene rings is 2. The Hall–Kier alpha value is -3.15. The number of likely N-dealkylation sites (N-methyl/N-ethyl adjacent to an activating group) is 1. The first-order valence-corrected chi connectivity index (χ1v) is 10.1. The van der Waals surface area contributed by atoms with Gasteiger partial charge in [-0.1, -0.05) is 36.4 Å². The van der Waals surface area contributed by atoms with E-state index >= 15 is 0 Å². The lowest BCUT2D eigenvalue weighted by atomic mass is 10.0. The van der Waals surface area contributed by atoms with Crippen LogP contribution in [0.5, 0.6) is 5.75 Å². The number of nitrogens with zero attached hydrogens (tertiary/aromatic N) is 1. The Bertz CT molecular complexity index is 926. The molecule has 0 saturated heterocycles. The number of hydrogen-bond donors (Lipinski definition) is 1. The van der Waals surface area contributed by atoms with Gasteiger partial charge in [0.15, 0.2) is 0 Å². The molecule has 3 rings (SSSR count). The summed E-state index contributed by atoms with van der Waals surface area (Å²) in [5.41, 5.74) is 1.22. The fraction of sp³-hybridized carbons (Fsp3) is 0.333. The third-order valence-corrected chi connectivity index (χ3v) is 5.32. The summed E-state index contributed by atoms with van der Waals surface area (Å²) in [6.45, 7) is 3.63. The van der Waals surface area contributed by atoms with Crippen LogP contribution in [0.15, 0.2) is 60.7 Å². The number of carbonyl (C=O) groups is 2. The van der Waals surface area contributed by atoms with Crippen LogP contribution >= 0.6 is 0 Å². The number of nitrogens with one attached hydrogen (secondary N) is 1. The van der Waals surface area contributed by atoms with Crippen LogP contribution in [-0.4, -0.2) is 35.9 Å². The molecular formula is C24H27FN2O3. The van der Waals surface area contributed by atoms with E-state index in [1.807, 2.05) is 25.1 Å². The van der Waals surface area contributed by atoms with E-state index in [1.54, 1.807) is 44.3 Å². The molecule has 0 fully saturated rings. The molecule has 0 aromatic heterocycles. The molecule has 0 bridgehead atoms. The fourth-order valence-electron chi connectivity index (χ4n) is 3.34. The van der Waals surface area contributed by atoms with Gasteiger partial charge in [-0.05, 0) is 50.1 Å². The molecule has 1 aliphatic rings. The van der Waals surface area contributed by atoms with Crippen molar-refractivity contribution in [3.8, 4) is 5.75 Å². The monoisotopic (exact) mass is 410 g/mol. The van der Waals surface area contributed by atoms with Gasteiger partial charge in [0.1, 0.15) is 17.6 Å². The van der Waals surface area contributed by atoms with Gasteiger partial charge in [-0.3, -0.25) is 9.59 Å². The number of rotatable bonds is 1. The van der Waals surface area contributed by atoms with Crippen LogP contribution in [0.1, 0.15) is 48.7 Å². The van der Waals surface area contributed by atoms with Gasteiger partial charge in [-0.2, -0.15) is 0 Å². The second-order valence-corrected chi connectivity index (χ2v) is 7.57. The van der Waals surface area contributed by atoms with Crippen molar-refractivity contribution < 1.29 is 18.7 Å². The maximum atomic E-state index is 13.3. The molecule has 0 radical (unpaired) electrons. The quantitative estimate of drug-likeness (QED) is 0.715. The number of ether oxygens (including phenoxy) is 1. The van der Waals surface area contributed by atoms with Crippen LogP contribution in [0.3, 0.4) is 0 Å². The number of amides is 2. The van der Waals surface area contributed by atoms with Crippen molar-refractivity contribution in [3.05, 3.63) is 77.6 Å². The van der Waals surface area contributed by atoms with Crippen LogP contribution < -0.4 is 10.1 Å². The van der Waals surface area contributed by atoms with E-state index in [0.29, 0.717) is 24.2 Å². The van der Waals surface area contributed by atoms with Gasteiger partial charge >= 0.3 is 0 Å². The SMILES string of the molecule is C[C@H]1C/C=C\C[C@H](c2ccc(F)cc2)NC(=O)[C@H](C)N(C)C(=O)c2ccccc2O1. The molecule has 2 aromatic rings. The first-order chi connectivity index (χ1) is 14.4. The Labute approximate surface area is 176 Å². The molecule has 0 aliphatic carbocycles. The fourth-order valence-corrected chi connectivity index (χ4v) is 3.34. The van der Waals surface area contributed by atoms with E-state index in [9.17, 15) is 14.0 Å². The molecule has 1 N–H and O–H groups in total. The molecule has 158 valence electrons. The van der Waals surface area contributed by atoms with Gasteiger partial charge in [0.05, 0.1) is 17.7 Å². The third-order valence-electron chi connectivity index (χ3n) is 5.32. The Morgan fingerprint density at radius 1 is 1.00 bits per heavy atom. The number of para-hydroxylation sites is 1. The molecule has 0 saturated carbocycles. The van der Waals surface area contributed by atoms with Gasteiger partial charge in [-0.15, -0.1) is 0 Å². The largest absolute Gasteiger partial charge is 0.490 e. The average Bonchev–Trinajstić information content (AvgIpc) is 2.74. The third kappa shape index (κ3) is 5.06. The highest BCUT2D eigenvalue weighted by molar-refractivity contribution is 5.99. The number of halogens is 1. The van der Waals surface area contributed by atoms with Crippen molar-refractivity contribution in [1.29, 1.82) is 0 Å². The van der Waals surface area contributed by atoms with E-state index in [-0.39, 0.29) is 29.8 Å². The lowest BCUT2D eigenvalue weighted by molar-refractivity contribution is -0.125. The lowest BCUT2D eigenvalue weighted by Gasteiger charge is -2.28. The lowest BCUT2D eigenvalue weighted by Crippen LogP contribution is -2.47. The highest BCUT2D eigenvalue weighted by atomic mass is 19.1. The summed E-state index contributed by atoms with van der Waals surface area (Å²) in [5.74, 6) is -0.391. The Morgan fingerprint density at radius 3 is 2.40 bits per heavy atom. The summed E-state index contributed by atoms with van der Waals surface area (Å²) >= 11 is 0. The number of carbonyl (C=O) groups excluding carboxylic acids is 2. The van der Waals surface area contributed by atoms with Crippen molar-refractivity contribution in [3.63, 3.8) is 0 Å². The summed E-state index contributed by atoms with van der Waals surface area (Å²) < 4.78 is 19.3. The van der Waals surface area contributed by atoms with E-state index in [4.69, 9.17) is 4.74 Å². The summed E-state index contributed by atoms with van der Waals surface area (Å²) in [5, 5.41) is 3.00. The average molecular weight is 410 g/mol. The predicted molar refractivity (Wildman–Crippen MR) is 114 cm³/mol. The van der Waals surface area contributed by atoms with Crippen molar-refractivity contribution in [2.24, 2.45) is 0 Å². The molecule has 5 nitrogen and oxygen atoms in total. The van der Waals surface area contributed by atoms with Gasteiger partial charge in [-0.25, -0.2) is 4.39 Å². The molecule has 3 atom stereocenters. The minimum Gasteiger partial charge on any atom is -0.490 e. The molecule has 0 spiro atoms. The number of hydrogen-bond acceptors (Lipinski definition) is 3. The molecule has 0 unspecified atom stereocenters. The maximum Gasteiger partial charge on any atom is 0.258 e. The molecule has 2 amide bonds. The van der Waals surface area contributed by atoms with Crippen molar-refractivity contribution in [2.75, 3.05) is 7.05 Å². The van der Waals surface area contributed by atoms with Crippen LogP contribution in [0.4, 0.5) is 4.39 Å². The maximum absolute atomic E-state index is 13.3. The first-order valence-electron chi connectivity index (χ1n) is 10.1. The van der Waals surface area contributed by atoms with Gasteiger partial charge in [0.2, 0.25) is 5.91 Å². The Balaban J connectivity index is 1.92. The molecule has 1 aliphatic heterocycles. The summed E-state index contributed by atoms with van der Waals surface area (Å²) in [6.07, 6.45) is 5.06. The summed E-state index contributed by atoms with van der Waals surface area (Å²) in [7, 11) is 1.60. The van der Waals surface area contributed by atoms with Crippen molar-refractivity contribution >= 4 is 11.8 Å². The first kappa shape index (κ1) is 21.6. The van der Waals surface area contributed by atoms with Crippen LogP contribution in [0, 0.1) is 5.82 Å².